The SMILES string of the molecule is CCn1c(COC(C)=O)nc(Sc2ccccc2)c1C(C)C. The first-order chi connectivity index (χ1) is 10.5. The number of hydrogen-bond donors (Lipinski definition) is 0. The van der Waals surface area contributed by atoms with Crippen molar-refractivity contribution >= 4 is 17.7 Å². The Balaban J connectivity index is 2.37. The van der Waals surface area contributed by atoms with Crippen LogP contribution in [-0.2, 0) is 22.7 Å². The summed E-state index contributed by atoms with van der Waals surface area (Å²) in [5.74, 6) is 0.874. The molecule has 0 fully saturated rings. The molecule has 2 rings (SSSR count). The van der Waals surface area contributed by atoms with Crippen LogP contribution in [0.4, 0.5) is 0 Å². The van der Waals surface area contributed by atoms with E-state index in [4.69, 9.17) is 9.72 Å². The van der Waals surface area contributed by atoms with E-state index in [1.807, 2.05) is 18.2 Å². The number of aromatic nitrogens is 2. The average molecular weight is 318 g/mol. The van der Waals surface area contributed by atoms with Gasteiger partial charge in [-0.05, 0) is 25.0 Å². The molecule has 22 heavy (non-hydrogen) atoms. The van der Waals surface area contributed by atoms with E-state index in [0.29, 0.717) is 5.92 Å². The zero-order chi connectivity index (χ0) is 16.1. The van der Waals surface area contributed by atoms with Gasteiger partial charge in [0.1, 0.15) is 17.5 Å². The molecule has 0 bridgehead atoms. The van der Waals surface area contributed by atoms with Crippen LogP contribution in [0.5, 0.6) is 0 Å². The van der Waals surface area contributed by atoms with Crippen LogP contribution in [0.1, 0.15) is 45.1 Å². The first-order valence-corrected chi connectivity index (χ1v) is 8.30. The third kappa shape index (κ3) is 3.91. The fraction of sp³-hybridized carbons (Fsp3) is 0.412. The van der Waals surface area contributed by atoms with E-state index >= 15 is 0 Å². The number of esters is 1. The summed E-state index contributed by atoms with van der Waals surface area (Å²) in [4.78, 5) is 16.9. The van der Waals surface area contributed by atoms with Crippen molar-refractivity contribution in [3.8, 4) is 0 Å². The van der Waals surface area contributed by atoms with E-state index in [2.05, 4.69) is 37.5 Å². The van der Waals surface area contributed by atoms with Crippen LogP contribution in [0.15, 0.2) is 40.3 Å². The van der Waals surface area contributed by atoms with Crippen LogP contribution in [0.2, 0.25) is 0 Å². The average Bonchev–Trinajstić information content (AvgIpc) is 2.83. The second-order valence-corrected chi connectivity index (χ2v) is 6.37. The number of ether oxygens (including phenoxy) is 1. The van der Waals surface area contributed by atoms with Crippen molar-refractivity contribution in [2.75, 3.05) is 0 Å². The van der Waals surface area contributed by atoms with E-state index in [-0.39, 0.29) is 12.6 Å². The van der Waals surface area contributed by atoms with Gasteiger partial charge in [0.25, 0.3) is 0 Å². The zero-order valence-corrected chi connectivity index (χ0v) is 14.3. The van der Waals surface area contributed by atoms with Gasteiger partial charge in [0.05, 0.1) is 5.69 Å². The van der Waals surface area contributed by atoms with Crippen molar-refractivity contribution in [1.82, 2.24) is 9.55 Å². The van der Waals surface area contributed by atoms with Gasteiger partial charge in [0.2, 0.25) is 0 Å². The van der Waals surface area contributed by atoms with E-state index in [1.165, 1.54) is 12.6 Å². The summed E-state index contributed by atoms with van der Waals surface area (Å²) in [7, 11) is 0. The van der Waals surface area contributed by atoms with E-state index in [9.17, 15) is 4.79 Å². The normalized spacial score (nSPS) is 11.0. The highest BCUT2D eigenvalue weighted by Gasteiger charge is 2.20. The molecular formula is C17H22N2O2S. The lowest BCUT2D eigenvalue weighted by atomic mass is 10.1. The molecule has 4 nitrogen and oxygen atoms in total. The molecule has 1 heterocycles. The number of benzene rings is 1. The monoisotopic (exact) mass is 318 g/mol. The smallest absolute Gasteiger partial charge is 0.303 e. The molecule has 0 radical (unpaired) electrons. The van der Waals surface area contributed by atoms with Gasteiger partial charge in [-0.1, -0.05) is 43.8 Å². The first-order valence-electron chi connectivity index (χ1n) is 7.48. The van der Waals surface area contributed by atoms with Crippen LogP contribution in [0, 0.1) is 0 Å². The molecule has 118 valence electrons. The summed E-state index contributed by atoms with van der Waals surface area (Å²) in [6.07, 6.45) is 0. The van der Waals surface area contributed by atoms with Gasteiger partial charge in [0, 0.05) is 18.4 Å². The molecule has 0 amide bonds. The van der Waals surface area contributed by atoms with E-state index < -0.39 is 0 Å². The van der Waals surface area contributed by atoms with Crippen molar-refractivity contribution < 1.29 is 9.53 Å². The number of carbonyl (C=O) groups is 1. The summed E-state index contributed by atoms with van der Waals surface area (Å²) in [6, 6.07) is 10.2. The second kappa shape index (κ2) is 7.49. The van der Waals surface area contributed by atoms with Crippen LogP contribution in [-0.4, -0.2) is 15.5 Å². The number of imidazole rings is 1. The van der Waals surface area contributed by atoms with Crippen molar-refractivity contribution in [2.45, 2.75) is 56.7 Å². The Hall–Kier alpha value is -1.75. The van der Waals surface area contributed by atoms with Crippen molar-refractivity contribution in [2.24, 2.45) is 0 Å². The molecule has 0 saturated carbocycles. The maximum atomic E-state index is 11.1. The van der Waals surface area contributed by atoms with Crippen LogP contribution < -0.4 is 0 Å². The zero-order valence-electron chi connectivity index (χ0n) is 13.5. The number of hydrogen-bond acceptors (Lipinski definition) is 4. The molecule has 1 aromatic carbocycles. The highest BCUT2D eigenvalue weighted by atomic mass is 32.2. The van der Waals surface area contributed by atoms with Gasteiger partial charge in [-0.3, -0.25) is 4.79 Å². The molecule has 0 atom stereocenters. The molecular weight excluding hydrogens is 296 g/mol. The summed E-state index contributed by atoms with van der Waals surface area (Å²) < 4.78 is 7.29. The highest BCUT2D eigenvalue weighted by molar-refractivity contribution is 7.99. The third-order valence-electron chi connectivity index (χ3n) is 3.28. The Morgan fingerprint density at radius 3 is 2.55 bits per heavy atom. The number of nitrogens with zero attached hydrogens (tertiary/aromatic N) is 2. The fourth-order valence-corrected chi connectivity index (χ4v) is 3.47. The largest absolute Gasteiger partial charge is 0.458 e. The van der Waals surface area contributed by atoms with Gasteiger partial charge in [0.15, 0.2) is 0 Å². The van der Waals surface area contributed by atoms with Crippen LogP contribution >= 0.6 is 11.8 Å². The topological polar surface area (TPSA) is 44.1 Å². The predicted octanol–water partition coefficient (Wildman–Crippen LogP) is 4.24. The molecule has 5 heteroatoms. The lowest BCUT2D eigenvalue weighted by Gasteiger charge is -2.13. The molecule has 0 unspecified atom stereocenters. The minimum Gasteiger partial charge on any atom is -0.458 e. The van der Waals surface area contributed by atoms with Crippen molar-refractivity contribution in [1.29, 1.82) is 0 Å². The lowest BCUT2D eigenvalue weighted by molar-refractivity contribution is -0.142. The Morgan fingerprint density at radius 1 is 1.32 bits per heavy atom. The molecule has 0 N–H and O–H groups in total. The molecule has 0 aliphatic heterocycles. The Bertz CT molecular complexity index is 636. The van der Waals surface area contributed by atoms with Crippen LogP contribution in [0.25, 0.3) is 0 Å². The van der Waals surface area contributed by atoms with Gasteiger partial charge >= 0.3 is 5.97 Å². The summed E-state index contributed by atoms with van der Waals surface area (Å²) in [5.41, 5.74) is 1.19. The van der Waals surface area contributed by atoms with Crippen molar-refractivity contribution in [3.05, 3.63) is 41.9 Å². The quantitative estimate of drug-likeness (QED) is 0.747. The van der Waals surface area contributed by atoms with Gasteiger partial charge in [-0.2, -0.15) is 0 Å². The Morgan fingerprint density at radius 2 is 2.00 bits per heavy atom. The minimum absolute atomic E-state index is 0.220. The standard InChI is InChI=1S/C17H22N2O2S/c1-5-19-15(11-21-13(4)20)18-17(16(19)12(2)3)22-14-9-7-6-8-10-14/h6-10,12H,5,11H2,1-4H3. The summed E-state index contributed by atoms with van der Waals surface area (Å²) in [5, 5.41) is 0.991. The number of rotatable bonds is 6. The Kier molecular flexibility index (Phi) is 5.66. The third-order valence-corrected chi connectivity index (χ3v) is 4.28. The second-order valence-electron chi connectivity index (χ2n) is 5.31. The summed E-state index contributed by atoms with van der Waals surface area (Å²) in [6.45, 7) is 8.86. The summed E-state index contributed by atoms with van der Waals surface area (Å²) >= 11 is 1.65. The maximum absolute atomic E-state index is 11.1. The molecule has 0 aliphatic rings. The first kappa shape index (κ1) is 16.6. The highest BCUT2D eigenvalue weighted by Crippen LogP contribution is 2.34. The molecule has 0 aliphatic carbocycles. The Labute approximate surface area is 135 Å². The molecule has 0 spiro atoms. The molecule has 1 aromatic heterocycles. The van der Waals surface area contributed by atoms with Gasteiger partial charge < -0.3 is 9.30 Å². The van der Waals surface area contributed by atoms with Gasteiger partial charge in [-0.15, -0.1) is 0 Å². The predicted molar refractivity (Wildman–Crippen MR) is 88.0 cm³/mol. The molecule has 0 saturated heterocycles. The maximum Gasteiger partial charge on any atom is 0.303 e. The van der Waals surface area contributed by atoms with Crippen LogP contribution in [0.3, 0.4) is 0 Å². The minimum atomic E-state index is -0.283. The van der Waals surface area contributed by atoms with E-state index in [0.717, 1.165) is 22.3 Å². The fourth-order valence-electron chi connectivity index (χ4n) is 2.35. The van der Waals surface area contributed by atoms with Crippen molar-refractivity contribution in [3.63, 3.8) is 0 Å². The number of carbonyl (C=O) groups excluding carboxylic acids is 1. The lowest BCUT2D eigenvalue weighted by Crippen LogP contribution is -2.09. The van der Waals surface area contributed by atoms with E-state index in [1.54, 1.807) is 11.8 Å². The molecule has 2 aromatic rings. The van der Waals surface area contributed by atoms with Gasteiger partial charge in [-0.25, -0.2) is 4.98 Å².